The average molecular weight is 336 g/mol. The molecular weight excluding hydrogens is 304 g/mol. The van der Waals surface area contributed by atoms with Crippen LogP contribution in [0.4, 0.5) is 0 Å². The smallest absolute Gasteiger partial charge is 0.224 e. The van der Waals surface area contributed by atoms with Crippen molar-refractivity contribution < 1.29 is 9.59 Å². The van der Waals surface area contributed by atoms with E-state index in [0.717, 1.165) is 39.0 Å². The van der Waals surface area contributed by atoms with Gasteiger partial charge in [-0.1, -0.05) is 6.42 Å². The number of nitrogens with one attached hydrogen (secondary N) is 1. The van der Waals surface area contributed by atoms with Crippen LogP contribution in [0.25, 0.3) is 0 Å². The van der Waals surface area contributed by atoms with Gasteiger partial charge >= 0.3 is 0 Å². The first kappa shape index (κ1) is 17.7. The molecule has 0 aromatic rings. The van der Waals surface area contributed by atoms with E-state index in [1.165, 1.54) is 19.3 Å². The van der Waals surface area contributed by atoms with Gasteiger partial charge in [-0.2, -0.15) is 0 Å². The summed E-state index contributed by atoms with van der Waals surface area (Å²) in [6.07, 6.45) is 5.87. The van der Waals surface area contributed by atoms with Gasteiger partial charge in [0.05, 0.1) is 0 Å². The predicted molar refractivity (Wildman–Crippen MR) is 93.2 cm³/mol. The Morgan fingerprint density at radius 1 is 1.08 bits per heavy atom. The van der Waals surface area contributed by atoms with Crippen molar-refractivity contribution in [3.05, 3.63) is 0 Å². The third-order valence-corrected chi connectivity index (χ3v) is 6.28. The number of carbonyl (C=O) groups is 2. The van der Waals surface area contributed by atoms with E-state index in [2.05, 4.69) is 17.3 Å². The molecule has 1 heterocycles. The number of amides is 2. The lowest BCUT2D eigenvalue weighted by Gasteiger charge is -2.43. The normalized spacial score (nSPS) is 34.0. The molecule has 136 valence electrons. The van der Waals surface area contributed by atoms with Crippen LogP contribution in [0.15, 0.2) is 0 Å². The van der Waals surface area contributed by atoms with E-state index in [1.807, 2.05) is 4.90 Å². The van der Waals surface area contributed by atoms with E-state index in [1.54, 1.807) is 0 Å². The van der Waals surface area contributed by atoms with Crippen LogP contribution in [-0.2, 0) is 9.59 Å². The van der Waals surface area contributed by atoms with Crippen molar-refractivity contribution in [1.82, 2.24) is 15.1 Å². The van der Waals surface area contributed by atoms with E-state index in [4.69, 9.17) is 5.73 Å². The SMILES string of the molecule is CN1CCN(C(=O)CCNC(=O)C2CC3CCCC(C2)C3N)CC1. The fraction of sp³-hybridized carbons (Fsp3) is 0.889. The summed E-state index contributed by atoms with van der Waals surface area (Å²) in [5.41, 5.74) is 6.29. The zero-order valence-corrected chi connectivity index (χ0v) is 14.9. The quantitative estimate of drug-likeness (QED) is 0.780. The molecule has 2 bridgehead atoms. The summed E-state index contributed by atoms with van der Waals surface area (Å²) in [4.78, 5) is 28.8. The lowest BCUT2D eigenvalue weighted by Crippen LogP contribution is -2.49. The van der Waals surface area contributed by atoms with Gasteiger partial charge in [0.1, 0.15) is 0 Å². The molecule has 2 amide bonds. The van der Waals surface area contributed by atoms with Crippen molar-refractivity contribution in [3.8, 4) is 0 Å². The van der Waals surface area contributed by atoms with Crippen LogP contribution in [-0.4, -0.2) is 67.4 Å². The van der Waals surface area contributed by atoms with Crippen LogP contribution in [0.1, 0.15) is 38.5 Å². The maximum atomic E-state index is 12.5. The highest BCUT2D eigenvalue weighted by Crippen LogP contribution is 2.41. The molecule has 6 heteroatoms. The summed E-state index contributed by atoms with van der Waals surface area (Å²) in [5.74, 6) is 1.41. The summed E-state index contributed by atoms with van der Waals surface area (Å²) in [7, 11) is 2.08. The van der Waals surface area contributed by atoms with Crippen molar-refractivity contribution in [2.45, 2.75) is 44.6 Å². The molecule has 3 aliphatic rings. The molecule has 2 aliphatic carbocycles. The van der Waals surface area contributed by atoms with Gasteiger partial charge in [0.25, 0.3) is 0 Å². The molecule has 1 aliphatic heterocycles. The maximum absolute atomic E-state index is 12.5. The molecule has 2 saturated carbocycles. The van der Waals surface area contributed by atoms with Crippen LogP contribution in [0.3, 0.4) is 0 Å². The minimum atomic E-state index is 0.0961. The van der Waals surface area contributed by atoms with Crippen LogP contribution >= 0.6 is 0 Å². The third kappa shape index (κ3) is 4.09. The van der Waals surface area contributed by atoms with Crippen LogP contribution in [0.2, 0.25) is 0 Å². The Hall–Kier alpha value is -1.14. The summed E-state index contributed by atoms with van der Waals surface area (Å²) in [6, 6.07) is 0.293. The van der Waals surface area contributed by atoms with Crippen LogP contribution in [0, 0.1) is 17.8 Å². The Bertz CT molecular complexity index is 448. The first-order valence-electron chi connectivity index (χ1n) is 9.54. The Morgan fingerprint density at radius 3 is 2.33 bits per heavy atom. The fourth-order valence-corrected chi connectivity index (χ4v) is 4.65. The summed E-state index contributed by atoms with van der Waals surface area (Å²) in [5, 5.41) is 3.00. The largest absolute Gasteiger partial charge is 0.355 e. The standard InChI is InChI=1S/C18H32N4O2/c1-21-7-9-22(10-8-21)16(23)5-6-20-18(24)15-11-13-3-2-4-14(12-15)17(13)19/h13-15,17H,2-12,19H2,1H3,(H,20,24). The van der Waals surface area contributed by atoms with E-state index < -0.39 is 0 Å². The van der Waals surface area contributed by atoms with Crippen molar-refractivity contribution in [2.75, 3.05) is 39.8 Å². The Morgan fingerprint density at radius 2 is 1.71 bits per heavy atom. The minimum absolute atomic E-state index is 0.0961. The number of piperazine rings is 1. The second-order valence-electron chi connectivity index (χ2n) is 7.92. The van der Waals surface area contributed by atoms with Gasteiger partial charge in [0.2, 0.25) is 11.8 Å². The van der Waals surface area contributed by atoms with Crippen LogP contribution < -0.4 is 11.1 Å². The summed E-state index contributed by atoms with van der Waals surface area (Å²) < 4.78 is 0. The van der Waals surface area contributed by atoms with Gasteiger partial charge in [-0.05, 0) is 44.6 Å². The van der Waals surface area contributed by atoms with Gasteiger partial charge in [0.15, 0.2) is 0 Å². The van der Waals surface area contributed by atoms with Gasteiger partial charge in [0, 0.05) is 51.1 Å². The molecule has 3 rings (SSSR count). The fourth-order valence-electron chi connectivity index (χ4n) is 4.65. The topological polar surface area (TPSA) is 78.7 Å². The number of hydrogen-bond donors (Lipinski definition) is 2. The molecule has 3 fully saturated rings. The molecule has 0 aromatic heterocycles. The Balaban J connectivity index is 1.39. The minimum Gasteiger partial charge on any atom is -0.355 e. The molecule has 0 aromatic carbocycles. The average Bonchev–Trinajstić information content (AvgIpc) is 2.55. The first-order chi connectivity index (χ1) is 11.5. The number of hydrogen-bond acceptors (Lipinski definition) is 4. The number of fused-ring (bicyclic) bond motifs is 2. The number of rotatable bonds is 4. The summed E-state index contributed by atoms with van der Waals surface area (Å²) in [6.45, 7) is 3.93. The van der Waals surface area contributed by atoms with Gasteiger partial charge in [-0.3, -0.25) is 9.59 Å². The molecule has 2 unspecified atom stereocenters. The summed E-state index contributed by atoms with van der Waals surface area (Å²) >= 11 is 0. The lowest BCUT2D eigenvalue weighted by molar-refractivity contribution is -0.133. The number of nitrogens with two attached hydrogens (primary N) is 1. The van der Waals surface area contributed by atoms with Crippen molar-refractivity contribution in [1.29, 1.82) is 0 Å². The van der Waals surface area contributed by atoms with Crippen molar-refractivity contribution in [3.63, 3.8) is 0 Å². The molecule has 24 heavy (non-hydrogen) atoms. The monoisotopic (exact) mass is 336 g/mol. The highest BCUT2D eigenvalue weighted by Gasteiger charge is 2.40. The lowest BCUT2D eigenvalue weighted by atomic mass is 9.65. The van der Waals surface area contributed by atoms with Crippen molar-refractivity contribution >= 4 is 11.8 Å². The molecular formula is C18H32N4O2. The van der Waals surface area contributed by atoms with Crippen LogP contribution in [0.5, 0.6) is 0 Å². The molecule has 1 saturated heterocycles. The molecule has 6 nitrogen and oxygen atoms in total. The van der Waals surface area contributed by atoms with E-state index in [0.29, 0.717) is 30.8 Å². The zero-order valence-electron chi connectivity index (χ0n) is 14.9. The highest BCUT2D eigenvalue weighted by molar-refractivity contribution is 5.80. The van der Waals surface area contributed by atoms with Gasteiger partial charge in [-0.15, -0.1) is 0 Å². The molecule has 2 atom stereocenters. The second-order valence-corrected chi connectivity index (χ2v) is 7.92. The molecule has 3 N–H and O–H groups in total. The van der Waals surface area contributed by atoms with Crippen molar-refractivity contribution in [2.24, 2.45) is 23.5 Å². The van der Waals surface area contributed by atoms with E-state index in [-0.39, 0.29) is 17.7 Å². The van der Waals surface area contributed by atoms with E-state index in [9.17, 15) is 9.59 Å². The maximum Gasteiger partial charge on any atom is 0.224 e. The zero-order chi connectivity index (χ0) is 17.1. The highest BCUT2D eigenvalue weighted by atomic mass is 16.2. The number of nitrogens with zero attached hydrogens (tertiary/aromatic N) is 2. The Labute approximate surface area is 145 Å². The third-order valence-electron chi connectivity index (χ3n) is 6.28. The number of carbonyl (C=O) groups excluding carboxylic acids is 2. The van der Waals surface area contributed by atoms with E-state index >= 15 is 0 Å². The Kier molecular flexibility index (Phi) is 5.76. The van der Waals surface area contributed by atoms with Gasteiger partial charge in [-0.25, -0.2) is 0 Å². The number of likely N-dealkylation sites (N-methyl/N-ethyl adjacent to an activating group) is 1. The molecule has 0 radical (unpaired) electrons. The molecule has 0 spiro atoms. The second kappa shape index (κ2) is 7.83. The predicted octanol–water partition coefficient (Wildman–Crippen LogP) is 0.420. The van der Waals surface area contributed by atoms with Gasteiger partial charge < -0.3 is 20.9 Å². The first-order valence-corrected chi connectivity index (χ1v) is 9.54.